The topological polar surface area (TPSA) is 149 Å². The lowest BCUT2D eigenvalue weighted by molar-refractivity contribution is 0.0922. The van der Waals surface area contributed by atoms with Gasteiger partial charge in [-0.3, -0.25) is 19.8 Å². The molecular formula is C55H58N8O4. The van der Waals surface area contributed by atoms with E-state index in [4.69, 9.17) is 9.47 Å². The predicted molar refractivity (Wildman–Crippen MR) is 266 cm³/mol. The number of likely N-dealkylation sites (tertiary alicyclic amines) is 1. The number of H-pyrrole nitrogens is 2. The Labute approximate surface area is 391 Å². The smallest absolute Gasteiger partial charge is 0.251 e. The summed E-state index contributed by atoms with van der Waals surface area (Å²) in [4.78, 5) is 30.7. The van der Waals surface area contributed by atoms with Crippen molar-refractivity contribution in [2.45, 2.75) is 58.2 Å². The highest BCUT2D eigenvalue weighted by atomic mass is 16.5. The molecule has 9 rings (SSSR count). The van der Waals surface area contributed by atoms with Crippen LogP contribution >= 0.6 is 0 Å². The summed E-state index contributed by atoms with van der Waals surface area (Å²) in [6, 6.07) is 41.4. The number of aromatic amines is 2. The molecule has 6 aromatic carbocycles. The van der Waals surface area contributed by atoms with Crippen LogP contribution in [0.2, 0.25) is 0 Å². The van der Waals surface area contributed by atoms with E-state index in [1.807, 2.05) is 117 Å². The number of hydrogen-bond acceptors (Lipinski definition) is 8. The van der Waals surface area contributed by atoms with E-state index >= 15 is 0 Å². The normalized spacial score (nSPS) is 14.2. The maximum atomic E-state index is 14.2. The number of carbonyl (C=O) groups is 2. The average molecular weight is 895 g/mol. The largest absolute Gasteiger partial charge is 0.497 e. The SMILES string of the molecule is COc1cccc(C(CNC(C)Cc2cc(OC)cc(C(CN3CCCC3)NC(=O)c3cccc(-c4ccc5n[nH]c(C)c5c4)c3)c2)NC(=O)c2cccc(-c3ccc4n[nH]c(C)c4c3)c2)c1. The van der Waals surface area contributed by atoms with Gasteiger partial charge in [-0.1, -0.05) is 54.6 Å². The number of aromatic nitrogens is 4. The number of aryl methyl sites for hydroxylation is 2. The van der Waals surface area contributed by atoms with E-state index in [0.29, 0.717) is 36.4 Å². The minimum Gasteiger partial charge on any atom is -0.497 e. The average Bonchev–Trinajstić information content (AvgIpc) is 4.12. The molecule has 1 saturated heterocycles. The number of nitrogens with zero attached hydrogens (tertiary/aromatic N) is 3. The summed E-state index contributed by atoms with van der Waals surface area (Å²) in [6.07, 6.45) is 2.96. The van der Waals surface area contributed by atoms with Crippen LogP contribution in [-0.4, -0.2) is 83.5 Å². The third-order valence-electron chi connectivity index (χ3n) is 13.0. The van der Waals surface area contributed by atoms with Crippen LogP contribution in [0.1, 0.15) is 80.6 Å². The molecule has 2 aromatic heterocycles. The molecule has 0 saturated carbocycles. The molecular weight excluding hydrogens is 837 g/mol. The van der Waals surface area contributed by atoms with Crippen molar-refractivity contribution in [2.75, 3.05) is 40.4 Å². The Kier molecular flexibility index (Phi) is 13.5. The molecule has 67 heavy (non-hydrogen) atoms. The van der Waals surface area contributed by atoms with Crippen molar-refractivity contribution in [3.8, 4) is 33.8 Å². The summed E-state index contributed by atoms with van der Waals surface area (Å²) >= 11 is 0. The fourth-order valence-corrected chi connectivity index (χ4v) is 9.23. The molecule has 1 aliphatic heterocycles. The lowest BCUT2D eigenvalue weighted by Crippen LogP contribution is -2.39. The van der Waals surface area contributed by atoms with Crippen molar-refractivity contribution >= 4 is 33.6 Å². The molecule has 342 valence electrons. The number of hydrogen-bond donors (Lipinski definition) is 5. The van der Waals surface area contributed by atoms with Crippen molar-refractivity contribution in [2.24, 2.45) is 0 Å². The Morgan fingerprint density at radius 1 is 0.627 bits per heavy atom. The highest BCUT2D eigenvalue weighted by Gasteiger charge is 2.24. The molecule has 12 heteroatoms. The number of ether oxygens (including phenoxy) is 2. The molecule has 8 aromatic rings. The molecule has 1 aliphatic rings. The van der Waals surface area contributed by atoms with Gasteiger partial charge in [-0.15, -0.1) is 0 Å². The molecule has 2 amide bonds. The van der Waals surface area contributed by atoms with Crippen molar-refractivity contribution in [3.05, 3.63) is 167 Å². The van der Waals surface area contributed by atoms with E-state index in [1.165, 1.54) is 0 Å². The molecule has 5 N–H and O–H groups in total. The molecule has 3 heterocycles. The fraction of sp³-hybridized carbons (Fsp3) is 0.273. The van der Waals surface area contributed by atoms with Gasteiger partial charge in [0.1, 0.15) is 11.5 Å². The lowest BCUT2D eigenvalue weighted by Gasteiger charge is -2.26. The van der Waals surface area contributed by atoms with Gasteiger partial charge in [-0.25, -0.2) is 0 Å². The number of fused-ring (bicyclic) bond motifs is 2. The maximum Gasteiger partial charge on any atom is 0.251 e. The lowest BCUT2D eigenvalue weighted by atomic mass is 9.97. The number of benzene rings is 6. The Hall–Kier alpha value is -7.28. The molecule has 0 bridgehead atoms. The van der Waals surface area contributed by atoms with Crippen LogP contribution in [0.4, 0.5) is 0 Å². The van der Waals surface area contributed by atoms with Gasteiger partial charge in [0.2, 0.25) is 0 Å². The zero-order chi connectivity index (χ0) is 46.4. The van der Waals surface area contributed by atoms with Crippen molar-refractivity contribution in [1.29, 1.82) is 0 Å². The standard InChI is InChI=1S/C55H58N8O4/c1-34(56-32-52(42-13-10-16-46(28-42)66-4)57-54(64)43-14-8-11-38(26-43)40-17-19-50-48(30-40)35(2)59-61-50)23-37-24-45(29-47(25-37)67-5)53(33-63-21-6-7-22-63)58-55(65)44-15-9-12-39(27-44)41-18-20-51-49(31-41)36(3)60-62-51/h8-20,24-31,34,52-53,56H,6-7,21-23,32-33H2,1-5H3,(H,57,64)(H,58,65)(H,59,61)(H,60,62). The van der Waals surface area contributed by atoms with E-state index in [-0.39, 0.29) is 29.9 Å². The fourth-order valence-electron chi connectivity index (χ4n) is 9.23. The number of amides is 2. The second-order valence-corrected chi connectivity index (χ2v) is 17.8. The van der Waals surface area contributed by atoms with Gasteiger partial charge in [-0.05, 0) is 165 Å². The van der Waals surface area contributed by atoms with Gasteiger partial charge in [0.25, 0.3) is 11.8 Å². The van der Waals surface area contributed by atoms with Crippen LogP contribution in [0.15, 0.2) is 127 Å². The Balaban J connectivity index is 0.917. The number of nitrogens with one attached hydrogen (secondary N) is 5. The molecule has 0 spiro atoms. The Morgan fingerprint density at radius 2 is 1.18 bits per heavy atom. The molecule has 12 nitrogen and oxygen atoms in total. The van der Waals surface area contributed by atoms with Crippen molar-refractivity contribution in [1.82, 2.24) is 41.2 Å². The minimum absolute atomic E-state index is 0.00834. The summed E-state index contributed by atoms with van der Waals surface area (Å²) in [6.45, 7) is 9.31. The monoisotopic (exact) mass is 894 g/mol. The number of methoxy groups -OCH3 is 2. The summed E-state index contributed by atoms with van der Waals surface area (Å²) in [5, 5.41) is 27.4. The van der Waals surface area contributed by atoms with Gasteiger partial charge in [0.15, 0.2) is 0 Å². The highest BCUT2D eigenvalue weighted by Crippen LogP contribution is 2.30. The third kappa shape index (κ3) is 10.4. The number of rotatable bonds is 17. The summed E-state index contributed by atoms with van der Waals surface area (Å²) in [5.74, 6) is 1.14. The van der Waals surface area contributed by atoms with Crippen LogP contribution in [0, 0.1) is 13.8 Å². The van der Waals surface area contributed by atoms with Crippen molar-refractivity contribution in [3.63, 3.8) is 0 Å². The van der Waals surface area contributed by atoms with E-state index in [1.54, 1.807) is 14.2 Å². The third-order valence-corrected chi connectivity index (χ3v) is 13.0. The first-order valence-electron chi connectivity index (χ1n) is 23.1. The molecule has 3 atom stereocenters. The first-order valence-corrected chi connectivity index (χ1v) is 23.1. The van der Waals surface area contributed by atoms with E-state index in [9.17, 15) is 9.59 Å². The molecule has 0 aliphatic carbocycles. The van der Waals surface area contributed by atoms with Gasteiger partial charge in [-0.2, -0.15) is 10.2 Å². The first kappa shape index (κ1) is 44.9. The van der Waals surface area contributed by atoms with Gasteiger partial charge in [0.05, 0.1) is 37.3 Å². The van der Waals surface area contributed by atoms with E-state index < -0.39 is 0 Å². The van der Waals surface area contributed by atoms with Gasteiger partial charge >= 0.3 is 0 Å². The molecule has 3 unspecified atom stereocenters. The van der Waals surface area contributed by atoms with Crippen LogP contribution in [0.25, 0.3) is 44.1 Å². The molecule has 1 fully saturated rings. The molecule has 0 radical (unpaired) electrons. The van der Waals surface area contributed by atoms with Crippen LogP contribution < -0.4 is 25.4 Å². The van der Waals surface area contributed by atoms with Crippen LogP contribution in [-0.2, 0) is 6.42 Å². The van der Waals surface area contributed by atoms with Crippen LogP contribution in [0.5, 0.6) is 11.5 Å². The highest BCUT2D eigenvalue weighted by molar-refractivity contribution is 5.97. The zero-order valence-corrected chi connectivity index (χ0v) is 38.8. The summed E-state index contributed by atoms with van der Waals surface area (Å²) < 4.78 is 11.5. The van der Waals surface area contributed by atoms with E-state index in [0.717, 1.165) is 104 Å². The quantitative estimate of drug-likeness (QED) is 0.0607. The summed E-state index contributed by atoms with van der Waals surface area (Å²) in [7, 11) is 3.33. The first-order chi connectivity index (χ1) is 32.6. The second kappa shape index (κ2) is 20.1. The predicted octanol–water partition coefficient (Wildman–Crippen LogP) is 9.67. The Morgan fingerprint density at radius 3 is 1.78 bits per heavy atom. The maximum absolute atomic E-state index is 14.2. The van der Waals surface area contributed by atoms with Crippen LogP contribution in [0.3, 0.4) is 0 Å². The van der Waals surface area contributed by atoms with Gasteiger partial charge < -0.3 is 30.3 Å². The second-order valence-electron chi connectivity index (χ2n) is 17.8. The minimum atomic E-state index is -0.365. The zero-order valence-electron chi connectivity index (χ0n) is 38.8. The van der Waals surface area contributed by atoms with Gasteiger partial charge in [0, 0.05) is 52.4 Å². The number of carbonyl (C=O) groups excluding carboxylic acids is 2. The van der Waals surface area contributed by atoms with E-state index in [2.05, 4.69) is 72.4 Å². The summed E-state index contributed by atoms with van der Waals surface area (Å²) in [5.41, 5.74) is 11.9. The van der Waals surface area contributed by atoms with Crippen molar-refractivity contribution < 1.29 is 19.1 Å². The Bertz CT molecular complexity index is 3040.